The molecule has 0 aliphatic carbocycles. The third kappa shape index (κ3) is 2.44. The number of phenolic OH excluding ortho intramolecular Hbond substituents is 1. The van der Waals surface area contributed by atoms with E-state index in [4.69, 9.17) is 9.47 Å². The fourth-order valence-corrected chi connectivity index (χ4v) is 1.66. The highest BCUT2D eigenvalue weighted by molar-refractivity contribution is 5.39. The normalized spacial score (nSPS) is 20.8. The molecule has 4 heteroatoms. The zero-order chi connectivity index (χ0) is 11.5. The van der Waals surface area contributed by atoms with Gasteiger partial charge >= 0.3 is 0 Å². The summed E-state index contributed by atoms with van der Waals surface area (Å²) in [5.41, 5.74) is 0.233. The molecule has 1 unspecified atom stereocenters. The zero-order valence-corrected chi connectivity index (χ0v) is 9.20. The number of aromatic hydroxyl groups is 1. The predicted octanol–water partition coefficient (Wildman–Crippen LogP) is 2.75. The maximum atomic E-state index is 13.3. The first-order valence-corrected chi connectivity index (χ1v) is 5.44. The second-order valence-electron chi connectivity index (χ2n) is 3.96. The maximum absolute atomic E-state index is 13.3. The SMILES string of the molecule is Cc1c(O)cc(OC2CCCCO2)cc1F. The summed E-state index contributed by atoms with van der Waals surface area (Å²) in [7, 11) is 0. The van der Waals surface area contributed by atoms with Gasteiger partial charge in [-0.15, -0.1) is 0 Å². The van der Waals surface area contributed by atoms with Gasteiger partial charge in [0.15, 0.2) is 6.29 Å². The van der Waals surface area contributed by atoms with Gasteiger partial charge in [-0.05, 0) is 19.8 Å². The number of ether oxygens (including phenoxy) is 2. The van der Waals surface area contributed by atoms with Crippen LogP contribution in [0.2, 0.25) is 0 Å². The second-order valence-corrected chi connectivity index (χ2v) is 3.96. The molecular weight excluding hydrogens is 211 g/mol. The summed E-state index contributed by atoms with van der Waals surface area (Å²) in [6.07, 6.45) is 2.56. The van der Waals surface area contributed by atoms with Gasteiger partial charge in [-0.3, -0.25) is 0 Å². The van der Waals surface area contributed by atoms with Crippen LogP contribution in [0.25, 0.3) is 0 Å². The van der Waals surface area contributed by atoms with Crippen LogP contribution < -0.4 is 4.74 Å². The van der Waals surface area contributed by atoms with E-state index in [1.165, 1.54) is 19.1 Å². The van der Waals surface area contributed by atoms with Crippen molar-refractivity contribution in [3.05, 3.63) is 23.5 Å². The molecule has 0 radical (unpaired) electrons. The molecule has 0 aromatic heterocycles. The number of phenols is 1. The van der Waals surface area contributed by atoms with Gasteiger partial charge in [0.2, 0.25) is 0 Å². The van der Waals surface area contributed by atoms with Crippen LogP contribution in [0.1, 0.15) is 24.8 Å². The quantitative estimate of drug-likeness (QED) is 0.842. The minimum atomic E-state index is -0.467. The monoisotopic (exact) mass is 226 g/mol. The smallest absolute Gasteiger partial charge is 0.199 e. The van der Waals surface area contributed by atoms with E-state index < -0.39 is 5.82 Å². The number of halogens is 1. The van der Waals surface area contributed by atoms with Crippen molar-refractivity contribution in [3.8, 4) is 11.5 Å². The molecule has 1 heterocycles. The van der Waals surface area contributed by atoms with Crippen molar-refractivity contribution in [3.63, 3.8) is 0 Å². The van der Waals surface area contributed by atoms with Crippen molar-refractivity contribution >= 4 is 0 Å². The number of benzene rings is 1. The van der Waals surface area contributed by atoms with Gasteiger partial charge in [0.05, 0.1) is 6.61 Å². The van der Waals surface area contributed by atoms with E-state index in [0.29, 0.717) is 12.4 Å². The third-order valence-electron chi connectivity index (χ3n) is 2.70. The highest BCUT2D eigenvalue weighted by Crippen LogP contribution is 2.28. The Morgan fingerprint density at radius 1 is 1.44 bits per heavy atom. The Kier molecular flexibility index (Phi) is 3.29. The summed E-state index contributed by atoms with van der Waals surface area (Å²) < 4.78 is 24.1. The molecule has 2 rings (SSSR count). The molecule has 0 bridgehead atoms. The van der Waals surface area contributed by atoms with E-state index in [0.717, 1.165) is 19.3 Å². The Labute approximate surface area is 93.8 Å². The predicted molar refractivity (Wildman–Crippen MR) is 57.0 cm³/mol. The van der Waals surface area contributed by atoms with Gasteiger partial charge < -0.3 is 14.6 Å². The van der Waals surface area contributed by atoms with Crippen LogP contribution in [0.3, 0.4) is 0 Å². The van der Waals surface area contributed by atoms with E-state index in [1.54, 1.807) is 0 Å². The second kappa shape index (κ2) is 4.70. The van der Waals surface area contributed by atoms with Crippen LogP contribution in [0.5, 0.6) is 11.5 Å². The summed E-state index contributed by atoms with van der Waals surface area (Å²) >= 11 is 0. The van der Waals surface area contributed by atoms with Gasteiger partial charge in [-0.1, -0.05) is 0 Å². The van der Waals surface area contributed by atoms with Crippen molar-refractivity contribution in [1.29, 1.82) is 0 Å². The molecular formula is C12H15FO3. The molecule has 1 saturated heterocycles. The van der Waals surface area contributed by atoms with Crippen LogP contribution in [-0.4, -0.2) is 18.0 Å². The molecule has 0 saturated carbocycles. The average Bonchev–Trinajstić information content (AvgIpc) is 2.27. The van der Waals surface area contributed by atoms with Crippen molar-refractivity contribution in [2.45, 2.75) is 32.5 Å². The molecule has 1 atom stereocenters. The van der Waals surface area contributed by atoms with Gasteiger partial charge in [-0.25, -0.2) is 4.39 Å². The molecule has 0 amide bonds. The third-order valence-corrected chi connectivity index (χ3v) is 2.70. The van der Waals surface area contributed by atoms with Crippen LogP contribution in [0, 0.1) is 12.7 Å². The Hall–Kier alpha value is -1.29. The number of rotatable bonds is 2. The summed E-state index contributed by atoms with van der Waals surface area (Å²) in [5.74, 6) is -0.246. The lowest BCUT2D eigenvalue weighted by atomic mass is 10.2. The van der Waals surface area contributed by atoms with Crippen molar-refractivity contribution in [2.75, 3.05) is 6.61 Å². The molecule has 1 aliphatic heterocycles. The lowest BCUT2D eigenvalue weighted by molar-refractivity contribution is -0.106. The van der Waals surface area contributed by atoms with Gasteiger partial charge in [0, 0.05) is 24.1 Å². The highest BCUT2D eigenvalue weighted by atomic mass is 19.1. The summed E-state index contributed by atoms with van der Waals surface area (Å²) in [4.78, 5) is 0. The van der Waals surface area contributed by atoms with E-state index in [-0.39, 0.29) is 17.6 Å². The molecule has 0 spiro atoms. The summed E-state index contributed by atoms with van der Waals surface area (Å²) in [6.45, 7) is 2.19. The van der Waals surface area contributed by atoms with E-state index in [2.05, 4.69) is 0 Å². The standard InChI is InChI=1S/C12H15FO3/c1-8-10(13)6-9(7-11(8)14)16-12-4-2-3-5-15-12/h6-7,12,14H,2-5H2,1H3. The summed E-state index contributed by atoms with van der Waals surface area (Å²) in [6, 6.07) is 2.68. The lowest BCUT2D eigenvalue weighted by Crippen LogP contribution is -2.25. The first-order chi connectivity index (χ1) is 7.66. The molecule has 16 heavy (non-hydrogen) atoms. The maximum Gasteiger partial charge on any atom is 0.199 e. The van der Waals surface area contributed by atoms with E-state index in [9.17, 15) is 9.50 Å². The lowest BCUT2D eigenvalue weighted by Gasteiger charge is -2.23. The van der Waals surface area contributed by atoms with Crippen molar-refractivity contribution in [2.24, 2.45) is 0 Å². The Bertz CT molecular complexity index is 350. The molecule has 3 nitrogen and oxygen atoms in total. The van der Waals surface area contributed by atoms with E-state index in [1.807, 2.05) is 0 Å². The van der Waals surface area contributed by atoms with Crippen LogP contribution in [0.4, 0.5) is 4.39 Å². The molecule has 1 aromatic carbocycles. The minimum absolute atomic E-state index is 0.0918. The zero-order valence-electron chi connectivity index (χ0n) is 9.20. The molecule has 1 N–H and O–H groups in total. The average molecular weight is 226 g/mol. The molecule has 1 fully saturated rings. The fourth-order valence-electron chi connectivity index (χ4n) is 1.66. The first kappa shape index (κ1) is 11.2. The summed E-state index contributed by atoms with van der Waals surface area (Å²) in [5, 5.41) is 9.45. The van der Waals surface area contributed by atoms with Crippen LogP contribution in [0.15, 0.2) is 12.1 Å². The van der Waals surface area contributed by atoms with Crippen LogP contribution in [-0.2, 0) is 4.74 Å². The largest absolute Gasteiger partial charge is 0.507 e. The van der Waals surface area contributed by atoms with Gasteiger partial charge in [-0.2, -0.15) is 0 Å². The Morgan fingerprint density at radius 2 is 2.25 bits per heavy atom. The van der Waals surface area contributed by atoms with Crippen molar-refractivity contribution < 1.29 is 19.0 Å². The van der Waals surface area contributed by atoms with Crippen molar-refractivity contribution in [1.82, 2.24) is 0 Å². The fraction of sp³-hybridized carbons (Fsp3) is 0.500. The number of hydrogen-bond acceptors (Lipinski definition) is 3. The molecule has 88 valence electrons. The molecule has 1 aromatic rings. The topological polar surface area (TPSA) is 38.7 Å². The first-order valence-electron chi connectivity index (χ1n) is 5.44. The van der Waals surface area contributed by atoms with Crippen LogP contribution >= 0.6 is 0 Å². The van der Waals surface area contributed by atoms with E-state index >= 15 is 0 Å². The number of hydrogen-bond donors (Lipinski definition) is 1. The Balaban J connectivity index is 2.09. The van der Waals surface area contributed by atoms with Gasteiger partial charge in [0.25, 0.3) is 0 Å². The minimum Gasteiger partial charge on any atom is -0.507 e. The van der Waals surface area contributed by atoms with Gasteiger partial charge in [0.1, 0.15) is 17.3 Å². The Morgan fingerprint density at radius 3 is 2.88 bits per heavy atom. The highest BCUT2D eigenvalue weighted by Gasteiger charge is 2.16. The molecule has 1 aliphatic rings.